The predicted molar refractivity (Wildman–Crippen MR) is 129 cm³/mol. The Labute approximate surface area is 204 Å². The number of alkyl halides is 2. The number of hydrogen-bond donors (Lipinski definition) is 1. The zero-order valence-electron chi connectivity index (χ0n) is 20.0. The molecule has 1 saturated heterocycles. The van der Waals surface area contributed by atoms with E-state index in [0.29, 0.717) is 17.7 Å². The number of ether oxygens (including phenoxy) is 2. The first-order chi connectivity index (χ1) is 16.8. The molecule has 188 valence electrons. The largest absolute Gasteiger partial charge is 0.494 e. The van der Waals surface area contributed by atoms with Gasteiger partial charge < -0.3 is 14.8 Å². The molecule has 7 nitrogen and oxygen atoms in total. The van der Waals surface area contributed by atoms with Gasteiger partial charge in [-0.25, -0.2) is 4.79 Å². The lowest BCUT2D eigenvalue weighted by molar-refractivity contribution is -0.131. The third-order valence-corrected chi connectivity index (χ3v) is 5.80. The molecule has 3 rings (SSSR count). The molecule has 9 heteroatoms. The van der Waals surface area contributed by atoms with E-state index in [1.54, 1.807) is 12.1 Å². The molecule has 1 fully saturated rings. The lowest BCUT2D eigenvalue weighted by Gasteiger charge is -2.21. The Balaban J connectivity index is 1.55. The molecular weight excluding hydrogens is 456 g/mol. The Morgan fingerprint density at radius 1 is 0.971 bits per heavy atom. The Hall–Kier alpha value is -3.49. The van der Waals surface area contributed by atoms with E-state index in [9.17, 15) is 18.4 Å². The molecular formula is C26H31F2N3O4. The molecule has 0 radical (unpaired) electrons. The smallest absolute Gasteiger partial charge is 0.387 e. The number of amides is 3. The van der Waals surface area contributed by atoms with Crippen LogP contribution in [0.1, 0.15) is 63.5 Å². The molecule has 0 spiro atoms. The Morgan fingerprint density at radius 2 is 1.60 bits per heavy atom. The summed E-state index contributed by atoms with van der Waals surface area (Å²) in [5, 5.41) is 7.42. The van der Waals surface area contributed by atoms with Gasteiger partial charge in [-0.1, -0.05) is 51.2 Å². The highest BCUT2D eigenvalue weighted by Gasteiger charge is 2.49. The standard InChI is InChI=1S/C26H31F2N3O4/c1-3-4-5-6-7-8-17-34-21-13-9-19(10-14-21)18-29-31-23(32)26(2,30-25(31)33)20-11-15-22(16-12-20)35-24(27)28/h9-16,18,24H,3-8,17H2,1-2H3,(H,30,33)/b29-18-/t26-/m1/s1. The molecule has 3 amide bonds. The second-order valence-corrected chi connectivity index (χ2v) is 8.50. The molecule has 0 bridgehead atoms. The van der Waals surface area contributed by atoms with Crippen LogP contribution in [0.5, 0.6) is 11.5 Å². The zero-order valence-corrected chi connectivity index (χ0v) is 20.0. The maximum absolute atomic E-state index is 13.0. The molecule has 1 aliphatic rings. The van der Waals surface area contributed by atoms with Crippen molar-refractivity contribution in [2.75, 3.05) is 6.61 Å². The number of unbranched alkanes of at least 4 members (excludes halogenated alkanes) is 5. The Morgan fingerprint density at radius 3 is 2.26 bits per heavy atom. The van der Waals surface area contributed by atoms with Gasteiger partial charge >= 0.3 is 12.6 Å². The first-order valence-corrected chi connectivity index (χ1v) is 11.8. The summed E-state index contributed by atoms with van der Waals surface area (Å²) in [6.45, 7) is 1.44. The predicted octanol–water partition coefficient (Wildman–Crippen LogP) is 5.83. The number of hydrazone groups is 1. The third kappa shape index (κ3) is 7.00. The topological polar surface area (TPSA) is 80.2 Å². The van der Waals surface area contributed by atoms with Crippen molar-refractivity contribution in [1.29, 1.82) is 0 Å². The highest BCUT2D eigenvalue weighted by Crippen LogP contribution is 2.30. The fourth-order valence-corrected chi connectivity index (χ4v) is 3.74. The number of imide groups is 1. The van der Waals surface area contributed by atoms with Crippen LogP contribution in [0, 0.1) is 0 Å². The van der Waals surface area contributed by atoms with Gasteiger partial charge in [0, 0.05) is 0 Å². The van der Waals surface area contributed by atoms with Crippen LogP contribution in [-0.4, -0.2) is 36.4 Å². The van der Waals surface area contributed by atoms with Crippen LogP contribution in [0.2, 0.25) is 0 Å². The molecule has 0 unspecified atom stereocenters. The van der Waals surface area contributed by atoms with E-state index in [2.05, 4.69) is 22.1 Å². The lowest BCUT2D eigenvalue weighted by Crippen LogP contribution is -2.40. The van der Waals surface area contributed by atoms with E-state index in [1.165, 1.54) is 63.1 Å². The summed E-state index contributed by atoms with van der Waals surface area (Å²) in [5.41, 5.74) is -0.270. The zero-order chi connectivity index (χ0) is 25.3. The fourth-order valence-electron chi connectivity index (χ4n) is 3.74. The maximum atomic E-state index is 13.0. The van der Waals surface area contributed by atoms with Crippen molar-refractivity contribution in [2.45, 2.75) is 64.5 Å². The van der Waals surface area contributed by atoms with E-state index in [0.717, 1.165) is 23.6 Å². The van der Waals surface area contributed by atoms with Crippen molar-refractivity contribution in [3.8, 4) is 11.5 Å². The molecule has 0 aromatic heterocycles. The van der Waals surface area contributed by atoms with E-state index >= 15 is 0 Å². The van der Waals surface area contributed by atoms with Crippen molar-refractivity contribution in [2.24, 2.45) is 5.10 Å². The monoisotopic (exact) mass is 487 g/mol. The van der Waals surface area contributed by atoms with Gasteiger partial charge in [-0.05, 0) is 60.9 Å². The van der Waals surface area contributed by atoms with Gasteiger partial charge in [-0.15, -0.1) is 5.01 Å². The summed E-state index contributed by atoms with van der Waals surface area (Å²) in [4.78, 5) is 25.4. The molecule has 1 atom stereocenters. The summed E-state index contributed by atoms with van der Waals surface area (Å²) < 4.78 is 34.8. The minimum atomic E-state index is -2.95. The number of carbonyl (C=O) groups excluding carboxylic acids is 2. The summed E-state index contributed by atoms with van der Waals surface area (Å²) in [7, 11) is 0. The van der Waals surface area contributed by atoms with Gasteiger partial charge in [-0.2, -0.15) is 13.9 Å². The summed E-state index contributed by atoms with van der Waals surface area (Å²) >= 11 is 0. The highest BCUT2D eigenvalue weighted by molar-refractivity contribution is 6.07. The minimum absolute atomic E-state index is 0.0431. The average molecular weight is 488 g/mol. The molecule has 1 N–H and O–H groups in total. The molecule has 0 aliphatic carbocycles. The van der Waals surface area contributed by atoms with Crippen LogP contribution < -0.4 is 14.8 Å². The van der Waals surface area contributed by atoms with Crippen LogP contribution in [0.4, 0.5) is 13.6 Å². The van der Waals surface area contributed by atoms with Crippen LogP contribution in [-0.2, 0) is 10.3 Å². The molecule has 1 heterocycles. The van der Waals surface area contributed by atoms with Gasteiger partial charge in [0.15, 0.2) is 0 Å². The first kappa shape index (κ1) is 26.1. The minimum Gasteiger partial charge on any atom is -0.494 e. The van der Waals surface area contributed by atoms with E-state index in [4.69, 9.17) is 4.74 Å². The molecule has 1 aliphatic heterocycles. The van der Waals surface area contributed by atoms with Gasteiger partial charge in [0.05, 0.1) is 12.8 Å². The molecule has 2 aromatic rings. The van der Waals surface area contributed by atoms with Gasteiger partial charge in [0.2, 0.25) is 0 Å². The van der Waals surface area contributed by atoms with Crippen LogP contribution in [0.15, 0.2) is 53.6 Å². The number of urea groups is 1. The number of benzene rings is 2. The summed E-state index contributed by atoms with van der Waals surface area (Å²) in [5.74, 6) is 0.121. The fraction of sp³-hybridized carbons (Fsp3) is 0.423. The molecule has 35 heavy (non-hydrogen) atoms. The van der Waals surface area contributed by atoms with E-state index in [1.807, 2.05) is 12.1 Å². The van der Waals surface area contributed by atoms with E-state index in [-0.39, 0.29) is 5.75 Å². The van der Waals surface area contributed by atoms with Gasteiger partial charge in [-0.3, -0.25) is 4.79 Å². The Bertz CT molecular complexity index is 1010. The second-order valence-electron chi connectivity index (χ2n) is 8.50. The van der Waals surface area contributed by atoms with Crippen molar-refractivity contribution in [3.05, 3.63) is 59.7 Å². The van der Waals surface area contributed by atoms with Crippen molar-refractivity contribution in [1.82, 2.24) is 10.3 Å². The maximum Gasteiger partial charge on any atom is 0.387 e. The van der Waals surface area contributed by atoms with Gasteiger partial charge in [0.1, 0.15) is 17.0 Å². The average Bonchev–Trinajstić information content (AvgIpc) is 3.06. The van der Waals surface area contributed by atoms with Gasteiger partial charge in [0.25, 0.3) is 5.91 Å². The number of nitrogens with one attached hydrogen (secondary N) is 1. The third-order valence-electron chi connectivity index (χ3n) is 5.80. The van der Waals surface area contributed by atoms with Crippen molar-refractivity contribution in [3.63, 3.8) is 0 Å². The summed E-state index contributed by atoms with van der Waals surface area (Å²) in [6.07, 6.45) is 8.59. The quantitative estimate of drug-likeness (QED) is 0.219. The van der Waals surface area contributed by atoms with Crippen LogP contribution in [0.25, 0.3) is 0 Å². The van der Waals surface area contributed by atoms with Crippen LogP contribution >= 0.6 is 0 Å². The number of hydrogen-bond acceptors (Lipinski definition) is 5. The molecule has 0 saturated carbocycles. The number of rotatable bonds is 13. The Kier molecular flexibility index (Phi) is 9.17. The SMILES string of the molecule is CCCCCCCCOc1ccc(/C=N\N2C(=O)N[C@](C)(c3ccc(OC(F)F)cc3)C2=O)cc1. The highest BCUT2D eigenvalue weighted by atomic mass is 19.3. The first-order valence-electron chi connectivity index (χ1n) is 11.8. The number of halogens is 2. The number of nitrogens with zero attached hydrogens (tertiary/aromatic N) is 2. The van der Waals surface area contributed by atoms with Crippen LogP contribution in [0.3, 0.4) is 0 Å². The van der Waals surface area contributed by atoms with E-state index < -0.39 is 24.1 Å². The normalized spacial score (nSPS) is 17.9. The van der Waals surface area contributed by atoms with Crippen molar-refractivity contribution >= 4 is 18.2 Å². The molecule has 2 aromatic carbocycles. The lowest BCUT2D eigenvalue weighted by atomic mass is 9.92. The van der Waals surface area contributed by atoms with Crippen molar-refractivity contribution < 1.29 is 27.8 Å². The number of carbonyl (C=O) groups is 2. The summed E-state index contributed by atoms with van der Waals surface area (Å²) in [6, 6.07) is 12.1. The second kappa shape index (κ2) is 12.3.